The molecule has 1 atom stereocenters. The van der Waals surface area contributed by atoms with Gasteiger partial charge in [-0.25, -0.2) is 4.98 Å². The minimum absolute atomic E-state index is 0.242. The molecule has 96 valence electrons. The molecule has 0 saturated heterocycles. The van der Waals surface area contributed by atoms with Crippen molar-refractivity contribution in [3.05, 3.63) is 35.8 Å². The Hall–Kier alpha value is -1.76. The van der Waals surface area contributed by atoms with Crippen LogP contribution in [0.3, 0.4) is 0 Å². The van der Waals surface area contributed by atoms with Crippen molar-refractivity contribution in [2.75, 3.05) is 6.26 Å². The summed E-state index contributed by atoms with van der Waals surface area (Å²) >= 11 is 1.64. The molecule has 0 aromatic carbocycles. The van der Waals surface area contributed by atoms with E-state index in [0.29, 0.717) is 11.6 Å². The van der Waals surface area contributed by atoms with Crippen LogP contribution in [-0.2, 0) is 5.75 Å². The zero-order valence-electron chi connectivity index (χ0n) is 10.1. The van der Waals surface area contributed by atoms with E-state index in [-0.39, 0.29) is 11.9 Å². The Morgan fingerprint density at radius 1 is 1.61 bits per heavy atom. The first-order valence-corrected chi connectivity index (χ1v) is 6.84. The number of carbonyl (C=O) groups is 1. The van der Waals surface area contributed by atoms with Crippen molar-refractivity contribution >= 4 is 17.7 Å². The molecule has 6 nitrogen and oxygen atoms in total. The van der Waals surface area contributed by atoms with Gasteiger partial charge in [-0.2, -0.15) is 16.9 Å². The molecule has 0 aliphatic carbocycles. The molecule has 2 aromatic heterocycles. The highest BCUT2D eigenvalue weighted by Crippen LogP contribution is 2.14. The van der Waals surface area contributed by atoms with Gasteiger partial charge in [-0.05, 0) is 25.3 Å². The Bertz CT molecular complexity index is 509. The number of aromatic amines is 1. The predicted octanol–water partition coefficient (Wildman–Crippen LogP) is 1.75. The molecule has 1 unspecified atom stereocenters. The molecule has 18 heavy (non-hydrogen) atoms. The van der Waals surface area contributed by atoms with Crippen LogP contribution in [0.5, 0.6) is 0 Å². The SMILES string of the molecule is CSCc1ccc(C(=O)NC(C)c2ncn[nH]2)o1. The lowest BCUT2D eigenvalue weighted by molar-refractivity contribution is 0.0909. The smallest absolute Gasteiger partial charge is 0.287 e. The summed E-state index contributed by atoms with van der Waals surface area (Å²) in [6.07, 6.45) is 3.38. The summed E-state index contributed by atoms with van der Waals surface area (Å²) in [5.41, 5.74) is 0. The van der Waals surface area contributed by atoms with E-state index >= 15 is 0 Å². The third kappa shape index (κ3) is 2.92. The van der Waals surface area contributed by atoms with Gasteiger partial charge >= 0.3 is 0 Å². The lowest BCUT2D eigenvalue weighted by Gasteiger charge is -2.09. The van der Waals surface area contributed by atoms with Gasteiger partial charge in [-0.1, -0.05) is 0 Å². The molecule has 0 bridgehead atoms. The Kier molecular flexibility index (Phi) is 4.03. The second-order valence-electron chi connectivity index (χ2n) is 3.76. The molecule has 2 rings (SSSR count). The van der Waals surface area contributed by atoms with Crippen molar-refractivity contribution in [1.29, 1.82) is 0 Å². The topological polar surface area (TPSA) is 83.8 Å². The average molecular weight is 266 g/mol. The molecule has 2 heterocycles. The molecule has 1 amide bonds. The van der Waals surface area contributed by atoms with Crippen LogP contribution in [-0.4, -0.2) is 27.3 Å². The normalized spacial score (nSPS) is 12.3. The summed E-state index contributed by atoms with van der Waals surface area (Å²) in [5, 5.41) is 9.23. The van der Waals surface area contributed by atoms with Crippen LogP contribution in [0.4, 0.5) is 0 Å². The van der Waals surface area contributed by atoms with Gasteiger partial charge < -0.3 is 9.73 Å². The van der Waals surface area contributed by atoms with E-state index in [1.54, 1.807) is 17.8 Å². The summed E-state index contributed by atoms with van der Waals surface area (Å²) in [6, 6.07) is 3.24. The monoisotopic (exact) mass is 266 g/mol. The highest BCUT2D eigenvalue weighted by molar-refractivity contribution is 7.97. The van der Waals surface area contributed by atoms with Gasteiger partial charge in [0.25, 0.3) is 5.91 Å². The van der Waals surface area contributed by atoms with Crippen molar-refractivity contribution in [2.45, 2.75) is 18.7 Å². The zero-order valence-corrected chi connectivity index (χ0v) is 11.0. The van der Waals surface area contributed by atoms with Crippen LogP contribution in [0, 0.1) is 0 Å². The molecule has 0 aliphatic rings. The van der Waals surface area contributed by atoms with Gasteiger partial charge in [0.05, 0.1) is 11.8 Å². The minimum atomic E-state index is -0.258. The summed E-state index contributed by atoms with van der Waals surface area (Å²) < 4.78 is 5.42. The number of H-pyrrole nitrogens is 1. The maximum atomic E-state index is 11.9. The molecule has 0 saturated carbocycles. The van der Waals surface area contributed by atoms with Crippen LogP contribution in [0.2, 0.25) is 0 Å². The van der Waals surface area contributed by atoms with Crippen LogP contribution >= 0.6 is 11.8 Å². The third-order valence-corrected chi connectivity index (χ3v) is 2.94. The fraction of sp³-hybridized carbons (Fsp3) is 0.364. The van der Waals surface area contributed by atoms with Gasteiger partial charge in [0, 0.05) is 0 Å². The van der Waals surface area contributed by atoms with Crippen molar-refractivity contribution in [2.24, 2.45) is 0 Å². The second-order valence-corrected chi connectivity index (χ2v) is 4.63. The molecule has 2 aromatic rings. The first-order chi connectivity index (χ1) is 8.70. The molecule has 0 radical (unpaired) electrons. The number of carbonyl (C=O) groups excluding carboxylic acids is 1. The van der Waals surface area contributed by atoms with Crippen molar-refractivity contribution < 1.29 is 9.21 Å². The number of rotatable bonds is 5. The zero-order chi connectivity index (χ0) is 13.0. The van der Waals surface area contributed by atoms with Crippen LogP contribution in [0.15, 0.2) is 22.9 Å². The number of hydrogen-bond acceptors (Lipinski definition) is 5. The van der Waals surface area contributed by atoms with E-state index in [4.69, 9.17) is 4.42 Å². The van der Waals surface area contributed by atoms with Gasteiger partial charge in [0.15, 0.2) is 5.76 Å². The van der Waals surface area contributed by atoms with Crippen molar-refractivity contribution in [1.82, 2.24) is 20.5 Å². The van der Waals surface area contributed by atoms with E-state index in [9.17, 15) is 4.79 Å². The van der Waals surface area contributed by atoms with Crippen LogP contribution in [0.25, 0.3) is 0 Å². The highest BCUT2D eigenvalue weighted by atomic mass is 32.2. The lowest BCUT2D eigenvalue weighted by Crippen LogP contribution is -2.27. The number of nitrogens with one attached hydrogen (secondary N) is 2. The lowest BCUT2D eigenvalue weighted by atomic mass is 10.3. The summed E-state index contributed by atoms with van der Waals surface area (Å²) in [6.45, 7) is 1.82. The number of aromatic nitrogens is 3. The Morgan fingerprint density at radius 2 is 2.44 bits per heavy atom. The van der Waals surface area contributed by atoms with Gasteiger partial charge in [0.2, 0.25) is 0 Å². The fourth-order valence-corrected chi connectivity index (χ4v) is 1.92. The maximum Gasteiger partial charge on any atom is 0.287 e. The molecule has 0 aliphatic heterocycles. The number of amides is 1. The first kappa shape index (κ1) is 12.7. The van der Waals surface area contributed by atoms with E-state index in [1.807, 2.05) is 19.2 Å². The molecular weight excluding hydrogens is 252 g/mol. The number of nitrogens with zero attached hydrogens (tertiary/aromatic N) is 2. The maximum absolute atomic E-state index is 11.9. The van der Waals surface area contributed by atoms with Gasteiger partial charge in [0.1, 0.15) is 17.9 Å². The van der Waals surface area contributed by atoms with Gasteiger partial charge in [-0.3, -0.25) is 9.89 Å². The predicted molar refractivity (Wildman–Crippen MR) is 68.2 cm³/mol. The molecular formula is C11H14N4O2S. The Balaban J connectivity index is 1.98. The van der Waals surface area contributed by atoms with E-state index in [0.717, 1.165) is 11.5 Å². The highest BCUT2D eigenvalue weighted by Gasteiger charge is 2.16. The standard InChI is InChI=1S/C11H14N4O2S/c1-7(10-12-6-13-15-10)14-11(16)9-4-3-8(17-9)5-18-2/h3-4,6-7H,5H2,1-2H3,(H,14,16)(H,12,13,15). The molecule has 0 spiro atoms. The molecule has 7 heteroatoms. The van der Waals surface area contributed by atoms with E-state index in [2.05, 4.69) is 20.5 Å². The van der Waals surface area contributed by atoms with E-state index < -0.39 is 0 Å². The fourth-order valence-electron chi connectivity index (χ4n) is 1.48. The summed E-state index contributed by atoms with van der Waals surface area (Å²) in [4.78, 5) is 15.9. The van der Waals surface area contributed by atoms with Crippen LogP contribution in [0.1, 0.15) is 35.1 Å². The quantitative estimate of drug-likeness (QED) is 0.861. The summed E-state index contributed by atoms with van der Waals surface area (Å²) in [7, 11) is 0. The second kappa shape index (κ2) is 5.72. The Morgan fingerprint density at radius 3 is 3.11 bits per heavy atom. The third-order valence-electron chi connectivity index (χ3n) is 2.36. The average Bonchev–Trinajstić information content (AvgIpc) is 3.00. The van der Waals surface area contributed by atoms with Crippen molar-refractivity contribution in [3.63, 3.8) is 0 Å². The summed E-state index contributed by atoms with van der Waals surface area (Å²) in [5.74, 6) is 2.21. The molecule has 0 fully saturated rings. The largest absolute Gasteiger partial charge is 0.455 e. The van der Waals surface area contributed by atoms with Crippen LogP contribution < -0.4 is 5.32 Å². The number of hydrogen-bond donors (Lipinski definition) is 2. The number of thioether (sulfide) groups is 1. The Labute approximate surface area is 109 Å². The van der Waals surface area contributed by atoms with E-state index in [1.165, 1.54) is 6.33 Å². The number of furan rings is 1. The first-order valence-electron chi connectivity index (χ1n) is 5.44. The molecule has 2 N–H and O–H groups in total. The minimum Gasteiger partial charge on any atom is -0.455 e. The van der Waals surface area contributed by atoms with Crippen molar-refractivity contribution in [3.8, 4) is 0 Å². The van der Waals surface area contributed by atoms with Gasteiger partial charge in [-0.15, -0.1) is 0 Å².